The van der Waals surface area contributed by atoms with Gasteiger partial charge in [0.1, 0.15) is 30.5 Å². The molecule has 1 spiro atoms. The summed E-state index contributed by atoms with van der Waals surface area (Å²) in [7, 11) is 5.48. The van der Waals surface area contributed by atoms with Crippen LogP contribution in [0.1, 0.15) is 122 Å². The summed E-state index contributed by atoms with van der Waals surface area (Å²) >= 11 is 0. The molecule has 538 valence electrons. The van der Waals surface area contributed by atoms with E-state index in [0.717, 1.165) is 79.0 Å². The predicted octanol–water partition coefficient (Wildman–Crippen LogP) is 13.4. The number of hydrogen-bond acceptors (Lipinski definition) is 12. The van der Waals surface area contributed by atoms with Gasteiger partial charge in [0, 0.05) is 95.1 Å². The van der Waals surface area contributed by atoms with E-state index in [9.17, 15) is 55.0 Å². The average Bonchev–Trinajstić information content (AvgIpc) is 1.58. The maximum Gasteiger partial charge on any atom is 0.416 e. The molecular weight excluding hydrogens is 1300 g/mol. The molecule has 100 heavy (non-hydrogen) atoms. The Hall–Kier alpha value is -7.93. The zero-order valence-corrected chi connectivity index (χ0v) is 57.7. The summed E-state index contributed by atoms with van der Waals surface area (Å²) in [6, 6.07) is 40.0. The second kappa shape index (κ2) is 32.8. The molecular formula is C77H93F7N8O8. The Morgan fingerprint density at radius 1 is 0.700 bits per heavy atom. The van der Waals surface area contributed by atoms with Crippen molar-refractivity contribution in [2.45, 2.75) is 132 Å². The number of unbranched alkanes of at least 4 members (excludes halogenated alkanes) is 2. The molecule has 3 saturated heterocycles. The van der Waals surface area contributed by atoms with Gasteiger partial charge in [0.15, 0.2) is 0 Å². The van der Waals surface area contributed by atoms with Gasteiger partial charge in [-0.05, 0) is 168 Å². The van der Waals surface area contributed by atoms with Crippen LogP contribution in [0.15, 0.2) is 146 Å². The first-order chi connectivity index (χ1) is 47.7. The van der Waals surface area contributed by atoms with Crippen LogP contribution in [-0.4, -0.2) is 183 Å². The van der Waals surface area contributed by atoms with Gasteiger partial charge in [-0.25, -0.2) is 9.18 Å². The van der Waals surface area contributed by atoms with Gasteiger partial charge in [0.2, 0.25) is 11.8 Å². The molecule has 0 bridgehead atoms. The van der Waals surface area contributed by atoms with Crippen LogP contribution in [0.3, 0.4) is 0 Å². The lowest BCUT2D eigenvalue weighted by Gasteiger charge is -2.44. The van der Waals surface area contributed by atoms with Crippen LogP contribution >= 0.6 is 0 Å². The molecule has 3 heterocycles. The van der Waals surface area contributed by atoms with Crippen molar-refractivity contribution >= 4 is 35.2 Å². The minimum absolute atomic E-state index is 0.0236. The lowest BCUT2D eigenvalue weighted by Crippen LogP contribution is -2.50. The summed E-state index contributed by atoms with van der Waals surface area (Å²) < 4.78 is 116. The van der Waals surface area contributed by atoms with Crippen LogP contribution in [0.25, 0.3) is 11.1 Å². The van der Waals surface area contributed by atoms with Gasteiger partial charge < -0.3 is 49.1 Å². The number of carbonyl (C=O) groups excluding carboxylic acids is 4. The molecule has 3 fully saturated rings. The highest BCUT2D eigenvalue weighted by molar-refractivity contribution is 5.95. The first-order valence-electron chi connectivity index (χ1n) is 34.7. The summed E-state index contributed by atoms with van der Waals surface area (Å²) in [5.41, 5.74) is 0.840. The first kappa shape index (κ1) is 74.8. The normalized spacial score (nSPS) is 18.6. The summed E-state index contributed by atoms with van der Waals surface area (Å²) in [6.07, 6.45) is -4.74. The second-order valence-corrected chi connectivity index (χ2v) is 27.8. The van der Waals surface area contributed by atoms with Crippen LogP contribution in [0.5, 0.6) is 0 Å². The number of alkyl halides is 6. The number of aliphatic hydroxyl groups excluding tert-OH is 1. The molecule has 10 rings (SSSR count). The highest BCUT2D eigenvalue weighted by Gasteiger charge is 2.50. The smallest absolute Gasteiger partial charge is 0.416 e. The number of fused-ring (bicyclic) bond motifs is 2. The number of benzene rings is 6. The van der Waals surface area contributed by atoms with Gasteiger partial charge in [0.05, 0.1) is 41.5 Å². The predicted molar refractivity (Wildman–Crippen MR) is 370 cm³/mol. The SMILES string of the molecule is CN(CCN1CCC(OC(=O)Nc2ccccc2-c2ccccc2)CC1)C(=O)CCCCCNc1cccc(C(C)(C)C(=O)N(C)CCCN(C)C(O)CO[C@H]2Cc3ccccc3C23CCN(CC[C@@]2(c4ccc(F)cc4)CN(C(=O)c4cc(C(F)(F)F)cc(C(F)(F)F)c4)CO2)CC3)c1. The molecule has 0 saturated carbocycles. The number of likely N-dealkylation sites (tertiary alicyclic amines) is 2. The standard InChI is InChI=1S/C77H93F7N8O8/c1-73(2,58-21-16-22-62(50-58)85-36-15-7-10-26-68(93)88(4)44-45-90-39-31-63(32-40-90)100-72(97)86-66-25-14-12-23-64(66)54-18-8-6-9-19-54)71(96)89(5)38-17-37-87(3)69(94)51-98-67-48-55-20-11-13-24-65(55)74(67)33-41-91(42-34-74)43-35-75(57-27-29-61(78)30-28-57)52-92(53-99-75)70(95)56-46-59(76(79,80)81)49-60(47-56)77(82,83)84/h6,8-9,11-14,16,18-25,27-30,46-47,49-50,63,67,69,85,94H,7,10,15,17,26,31-45,48,51-53H2,1-5H3,(H,86,97)/t67-,69?,75-/m0/s1. The molecule has 4 aliphatic rings. The minimum Gasteiger partial charge on any atom is -0.446 e. The van der Waals surface area contributed by atoms with Crippen molar-refractivity contribution in [3.05, 3.63) is 190 Å². The van der Waals surface area contributed by atoms with E-state index in [4.69, 9.17) is 14.2 Å². The van der Waals surface area contributed by atoms with Crippen LogP contribution < -0.4 is 10.6 Å². The van der Waals surface area contributed by atoms with Gasteiger partial charge in [-0.15, -0.1) is 0 Å². The molecule has 23 heteroatoms. The number of para-hydroxylation sites is 1. The van der Waals surface area contributed by atoms with Gasteiger partial charge in [-0.1, -0.05) is 103 Å². The zero-order chi connectivity index (χ0) is 71.4. The number of nitrogens with one attached hydrogen (secondary N) is 2. The third-order valence-electron chi connectivity index (χ3n) is 20.6. The first-order valence-corrected chi connectivity index (χ1v) is 34.7. The Balaban J connectivity index is 0.619. The second-order valence-electron chi connectivity index (χ2n) is 27.8. The molecule has 3 N–H and O–H groups in total. The van der Waals surface area contributed by atoms with E-state index in [1.54, 1.807) is 16.8 Å². The monoisotopic (exact) mass is 1390 g/mol. The highest BCUT2D eigenvalue weighted by Crippen LogP contribution is 2.49. The van der Waals surface area contributed by atoms with Gasteiger partial charge in [-0.2, -0.15) is 26.3 Å². The highest BCUT2D eigenvalue weighted by atomic mass is 19.4. The van der Waals surface area contributed by atoms with Crippen molar-refractivity contribution in [1.29, 1.82) is 0 Å². The number of rotatable bonds is 28. The van der Waals surface area contributed by atoms with E-state index in [2.05, 4.69) is 32.6 Å². The molecule has 0 radical (unpaired) electrons. The van der Waals surface area contributed by atoms with E-state index in [1.807, 2.05) is 124 Å². The summed E-state index contributed by atoms with van der Waals surface area (Å²) in [5.74, 6) is -1.51. The van der Waals surface area contributed by atoms with E-state index in [1.165, 1.54) is 35.4 Å². The van der Waals surface area contributed by atoms with Crippen LogP contribution in [0, 0.1) is 5.82 Å². The molecule has 6 aromatic carbocycles. The lowest BCUT2D eigenvalue weighted by atomic mass is 9.72. The molecule has 0 aromatic heterocycles. The molecule has 3 atom stereocenters. The fraction of sp³-hybridized carbons (Fsp3) is 0.481. The third-order valence-corrected chi connectivity index (χ3v) is 20.6. The molecule has 3 aliphatic heterocycles. The van der Waals surface area contributed by atoms with Crippen molar-refractivity contribution in [2.75, 3.05) is 117 Å². The topological polar surface area (TPSA) is 160 Å². The third kappa shape index (κ3) is 18.6. The van der Waals surface area contributed by atoms with E-state index in [0.29, 0.717) is 101 Å². The van der Waals surface area contributed by atoms with Crippen LogP contribution in [-0.2, 0) is 59.0 Å². The Labute approximate surface area is 581 Å². The Morgan fingerprint density at radius 3 is 2.08 bits per heavy atom. The van der Waals surface area contributed by atoms with E-state index < -0.39 is 70.8 Å². The largest absolute Gasteiger partial charge is 0.446 e. The molecule has 1 aliphatic carbocycles. The minimum atomic E-state index is -5.15. The zero-order valence-electron chi connectivity index (χ0n) is 57.7. The number of piperidine rings is 2. The van der Waals surface area contributed by atoms with Crippen molar-refractivity contribution in [3.8, 4) is 11.1 Å². The molecule has 6 aromatic rings. The number of amides is 4. The quantitative estimate of drug-likeness (QED) is 0.0243. The summed E-state index contributed by atoms with van der Waals surface area (Å²) in [5, 5.41) is 18.0. The maximum absolute atomic E-state index is 14.3. The van der Waals surface area contributed by atoms with E-state index in [-0.39, 0.29) is 55.1 Å². The number of halogens is 7. The number of nitrogens with zero attached hydrogens (tertiary/aromatic N) is 6. The van der Waals surface area contributed by atoms with Gasteiger partial charge >= 0.3 is 18.4 Å². The number of anilines is 2. The van der Waals surface area contributed by atoms with Gasteiger partial charge in [-0.3, -0.25) is 24.6 Å². The maximum atomic E-state index is 14.3. The molecule has 4 amide bonds. The summed E-state index contributed by atoms with van der Waals surface area (Å²) in [4.78, 5) is 64.9. The Bertz CT molecular complexity index is 3700. The van der Waals surface area contributed by atoms with Crippen molar-refractivity contribution < 1.29 is 69.2 Å². The Kier molecular flexibility index (Phi) is 24.5. The number of ether oxygens (including phenoxy) is 3. The van der Waals surface area contributed by atoms with Crippen LogP contribution in [0.2, 0.25) is 0 Å². The van der Waals surface area contributed by atoms with Gasteiger partial charge in [0.25, 0.3) is 5.91 Å². The fourth-order valence-corrected chi connectivity index (χ4v) is 14.5. The molecule has 1 unspecified atom stereocenters. The molecule has 16 nitrogen and oxygen atoms in total. The summed E-state index contributed by atoms with van der Waals surface area (Å²) in [6.45, 7) is 9.57. The average molecular weight is 1390 g/mol. The number of likely N-dealkylation sites (N-methyl/N-ethyl adjacent to an activating group) is 3. The van der Waals surface area contributed by atoms with Crippen LogP contribution in [0.4, 0.5) is 46.9 Å². The van der Waals surface area contributed by atoms with Crippen molar-refractivity contribution in [3.63, 3.8) is 0 Å². The number of carbonyl (C=O) groups is 4. The van der Waals surface area contributed by atoms with E-state index >= 15 is 0 Å². The van der Waals surface area contributed by atoms with Crippen molar-refractivity contribution in [1.82, 2.24) is 29.4 Å². The fourth-order valence-electron chi connectivity index (χ4n) is 14.5. The lowest BCUT2D eigenvalue weighted by molar-refractivity contribution is -0.143. The number of hydrogen-bond donors (Lipinski definition) is 3. The number of aliphatic hydroxyl groups is 1. The Morgan fingerprint density at radius 2 is 1.37 bits per heavy atom. The van der Waals surface area contributed by atoms with Crippen molar-refractivity contribution in [2.24, 2.45) is 0 Å².